The van der Waals surface area contributed by atoms with E-state index in [2.05, 4.69) is 43.2 Å². The summed E-state index contributed by atoms with van der Waals surface area (Å²) in [5.74, 6) is -0.156. The minimum atomic E-state index is -0.156. The third kappa shape index (κ3) is 4.13. The lowest BCUT2D eigenvalue weighted by Gasteiger charge is -2.18. The normalized spacial score (nSPS) is 11.8. The van der Waals surface area contributed by atoms with Crippen LogP contribution >= 0.6 is 0 Å². The van der Waals surface area contributed by atoms with Crippen molar-refractivity contribution in [1.29, 1.82) is 0 Å². The number of rotatable bonds is 3. The SMILES string of the molecule is CC(C)(C)c1ccc(/C=C/C(=O)Nc2cccc3ncccc23)cc1. The van der Waals surface area contributed by atoms with Gasteiger partial charge in [0.05, 0.1) is 11.2 Å². The Bertz CT molecular complexity index is 913. The number of nitrogens with zero attached hydrogens (tertiary/aromatic N) is 1. The van der Waals surface area contributed by atoms with E-state index in [1.807, 2.05) is 48.5 Å². The zero-order chi connectivity index (χ0) is 17.9. The second kappa shape index (κ2) is 6.89. The number of nitrogens with one attached hydrogen (secondary N) is 1. The van der Waals surface area contributed by atoms with Crippen molar-refractivity contribution in [3.8, 4) is 0 Å². The lowest BCUT2D eigenvalue weighted by molar-refractivity contribution is -0.111. The number of benzene rings is 2. The number of carbonyl (C=O) groups excluding carboxylic acids is 1. The van der Waals surface area contributed by atoms with E-state index >= 15 is 0 Å². The minimum Gasteiger partial charge on any atom is -0.322 e. The maximum Gasteiger partial charge on any atom is 0.248 e. The lowest BCUT2D eigenvalue weighted by Crippen LogP contribution is -2.10. The standard InChI is InChI=1S/C22H22N2O/c1-22(2,3)17-12-9-16(10-13-17)11-14-21(25)24-20-8-4-7-19-18(20)6-5-15-23-19/h4-15H,1-3H3,(H,24,25)/b14-11+. The molecule has 0 spiro atoms. The highest BCUT2D eigenvalue weighted by atomic mass is 16.1. The molecular weight excluding hydrogens is 308 g/mol. The molecule has 3 rings (SSSR count). The summed E-state index contributed by atoms with van der Waals surface area (Å²) in [5, 5.41) is 3.86. The number of hydrogen-bond acceptors (Lipinski definition) is 2. The van der Waals surface area contributed by atoms with Gasteiger partial charge in [-0.25, -0.2) is 0 Å². The fourth-order valence-electron chi connectivity index (χ4n) is 2.65. The summed E-state index contributed by atoms with van der Waals surface area (Å²) < 4.78 is 0. The van der Waals surface area contributed by atoms with Crippen LogP contribution in [0.3, 0.4) is 0 Å². The number of aromatic nitrogens is 1. The number of anilines is 1. The van der Waals surface area contributed by atoms with E-state index in [9.17, 15) is 4.79 Å². The Labute approximate surface area is 148 Å². The molecule has 0 fully saturated rings. The number of fused-ring (bicyclic) bond motifs is 1. The topological polar surface area (TPSA) is 42.0 Å². The summed E-state index contributed by atoms with van der Waals surface area (Å²) in [6.07, 6.45) is 5.13. The van der Waals surface area contributed by atoms with E-state index in [0.717, 1.165) is 22.2 Å². The Morgan fingerprint density at radius 2 is 1.76 bits per heavy atom. The van der Waals surface area contributed by atoms with Crippen molar-refractivity contribution in [3.05, 3.63) is 78.0 Å². The molecule has 0 aliphatic rings. The van der Waals surface area contributed by atoms with Crippen molar-refractivity contribution in [1.82, 2.24) is 4.98 Å². The van der Waals surface area contributed by atoms with Gasteiger partial charge in [-0.2, -0.15) is 0 Å². The van der Waals surface area contributed by atoms with Crippen molar-refractivity contribution < 1.29 is 4.79 Å². The van der Waals surface area contributed by atoms with E-state index in [4.69, 9.17) is 0 Å². The molecule has 126 valence electrons. The second-order valence-electron chi connectivity index (χ2n) is 7.07. The molecule has 0 atom stereocenters. The quantitative estimate of drug-likeness (QED) is 0.672. The van der Waals surface area contributed by atoms with Gasteiger partial charge < -0.3 is 5.32 Å². The van der Waals surface area contributed by atoms with Gasteiger partial charge in [0.1, 0.15) is 0 Å². The van der Waals surface area contributed by atoms with E-state index in [1.165, 1.54) is 5.56 Å². The van der Waals surface area contributed by atoms with Crippen LogP contribution < -0.4 is 5.32 Å². The molecule has 0 aliphatic carbocycles. The number of hydrogen-bond donors (Lipinski definition) is 1. The average Bonchev–Trinajstić information content (AvgIpc) is 2.60. The highest BCUT2D eigenvalue weighted by Gasteiger charge is 2.12. The van der Waals surface area contributed by atoms with Gasteiger partial charge in [0.2, 0.25) is 5.91 Å². The Morgan fingerprint density at radius 3 is 2.48 bits per heavy atom. The first kappa shape index (κ1) is 16.9. The predicted octanol–water partition coefficient (Wildman–Crippen LogP) is 5.18. The van der Waals surface area contributed by atoms with E-state index in [0.29, 0.717) is 0 Å². The fraction of sp³-hybridized carbons (Fsp3) is 0.182. The van der Waals surface area contributed by atoms with Gasteiger partial charge in [-0.1, -0.05) is 51.1 Å². The molecule has 3 nitrogen and oxygen atoms in total. The lowest BCUT2D eigenvalue weighted by atomic mass is 9.87. The van der Waals surface area contributed by atoms with Gasteiger partial charge in [0.15, 0.2) is 0 Å². The first-order valence-electron chi connectivity index (χ1n) is 8.37. The Balaban J connectivity index is 1.73. The first-order valence-corrected chi connectivity index (χ1v) is 8.37. The van der Waals surface area contributed by atoms with Crippen LogP contribution in [0.1, 0.15) is 31.9 Å². The summed E-state index contributed by atoms with van der Waals surface area (Å²) >= 11 is 0. The van der Waals surface area contributed by atoms with Crippen LogP contribution in [0.5, 0.6) is 0 Å². The third-order valence-electron chi connectivity index (χ3n) is 4.11. The van der Waals surface area contributed by atoms with Gasteiger partial charge in [-0.3, -0.25) is 9.78 Å². The minimum absolute atomic E-state index is 0.127. The van der Waals surface area contributed by atoms with Gasteiger partial charge in [-0.15, -0.1) is 0 Å². The maximum atomic E-state index is 12.2. The summed E-state index contributed by atoms with van der Waals surface area (Å²) in [5.41, 5.74) is 4.03. The molecule has 1 aromatic heterocycles. The smallest absolute Gasteiger partial charge is 0.248 e. The molecule has 1 heterocycles. The van der Waals surface area contributed by atoms with Crippen LogP contribution in [0.25, 0.3) is 17.0 Å². The summed E-state index contributed by atoms with van der Waals surface area (Å²) in [6.45, 7) is 6.55. The Hall–Kier alpha value is -2.94. The Kier molecular flexibility index (Phi) is 4.66. The molecule has 0 saturated heterocycles. The number of amides is 1. The third-order valence-corrected chi connectivity index (χ3v) is 4.11. The molecule has 0 aliphatic heterocycles. The number of carbonyl (C=O) groups is 1. The largest absolute Gasteiger partial charge is 0.322 e. The second-order valence-corrected chi connectivity index (χ2v) is 7.07. The van der Waals surface area contributed by atoms with Crippen molar-refractivity contribution in [2.45, 2.75) is 26.2 Å². The molecule has 0 radical (unpaired) electrons. The average molecular weight is 330 g/mol. The van der Waals surface area contributed by atoms with Crippen molar-refractivity contribution >= 4 is 28.6 Å². The van der Waals surface area contributed by atoms with Crippen LogP contribution in [0, 0.1) is 0 Å². The van der Waals surface area contributed by atoms with Crippen LogP contribution in [0.2, 0.25) is 0 Å². The van der Waals surface area contributed by atoms with Crippen LogP contribution in [-0.4, -0.2) is 10.9 Å². The highest BCUT2D eigenvalue weighted by Crippen LogP contribution is 2.23. The van der Waals surface area contributed by atoms with E-state index in [-0.39, 0.29) is 11.3 Å². The monoisotopic (exact) mass is 330 g/mol. The molecule has 3 heteroatoms. The highest BCUT2D eigenvalue weighted by molar-refractivity contribution is 6.06. The van der Waals surface area contributed by atoms with E-state index in [1.54, 1.807) is 12.3 Å². The molecule has 1 N–H and O–H groups in total. The molecule has 0 bridgehead atoms. The molecule has 25 heavy (non-hydrogen) atoms. The number of pyridine rings is 1. The summed E-state index contributed by atoms with van der Waals surface area (Å²) in [6, 6.07) is 17.8. The van der Waals surface area contributed by atoms with Crippen LogP contribution in [0.15, 0.2) is 66.9 Å². The summed E-state index contributed by atoms with van der Waals surface area (Å²) in [4.78, 5) is 16.5. The molecule has 0 unspecified atom stereocenters. The summed E-state index contributed by atoms with van der Waals surface area (Å²) in [7, 11) is 0. The van der Waals surface area contributed by atoms with E-state index < -0.39 is 0 Å². The van der Waals surface area contributed by atoms with Crippen molar-refractivity contribution in [3.63, 3.8) is 0 Å². The van der Waals surface area contributed by atoms with Crippen LogP contribution in [-0.2, 0) is 10.2 Å². The van der Waals surface area contributed by atoms with Crippen LogP contribution in [0.4, 0.5) is 5.69 Å². The van der Waals surface area contributed by atoms with Gasteiger partial charge in [0.25, 0.3) is 0 Å². The van der Waals surface area contributed by atoms with Gasteiger partial charge in [0, 0.05) is 17.7 Å². The first-order chi connectivity index (χ1) is 11.9. The fourth-order valence-corrected chi connectivity index (χ4v) is 2.65. The predicted molar refractivity (Wildman–Crippen MR) is 105 cm³/mol. The van der Waals surface area contributed by atoms with Crippen molar-refractivity contribution in [2.24, 2.45) is 0 Å². The van der Waals surface area contributed by atoms with Gasteiger partial charge >= 0.3 is 0 Å². The zero-order valence-electron chi connectivity index (χ0n) is 14.8. The molecular formula is C22H22N2O. The molecule has 3 aromatic rings. The molecule has 2 aromatic carbocycles. The zero-order valence-corrected chi connectivity index (χ0v) is 14.8. The van der Waals surface area contributed by atoms with Crippen molar-refractivity contribution in [2.75, 3.05) is 5.32 Å². The van der Waals surface area contributed by atoms with Gasteiger partial charge in [-0.05, 0) is 46.9 Å². The Morgan fingerprint density at radius 1 is 1.00 bits per heavy atom. The maximum absolute atomic E-state index is 12.2. The molecule has 0 saturated carbocycles. The molecule has 1 amide bonds.